The largest absolute Gasteiger partial charge is 0.353 e. The predicted octanol–water partition coefficient (Wildman–Crippen LogP) is -0.268. The van der Waals surface area contributed by atoms with E-state index < -0.39 is 0 Å². The number of rotatable bonds is 1. The van der Waals surface area contributed by atoms with Crippen molar-refractivity contribution in [3.63, 3.8) is 0 Å². The molecule has 4 nitrogen and oxygen atoms in total. The third-order valence-corrected chi connectivity index (χ3v) is 1.71. The molecule has 0 spiro atoms. The van der Waals surface area contributed by atoms with Gasteiger partial charge in [0.1, 0.15) is 25.8 Å². The molecule has 58 valence electrons. The lowest BCUT2D eigenvalue weighted by Crippen LogP contribution is -2.29. The van der Waals surface area contributed by atoms with Crippen molar-refractivity contribution in [2.24, 2.45) is 0 Å². The van der Waals surface area contributed by atoms with E-state index in [2.05, 4.69) is 0 Å². The van der Waals surface area contributed by atoms with Crippen LogP contribution in [0.4, 0.5) is 0 Å². The van der Waals surface area contributed by atoms with E-state index in [4.69, 9.17) is 18.9 Å². The highest BCUT2D eigenvalue weighted by Crippen LogP contribution is 2.14. The first-order valence-electron chi connectivity index (χ1n) is 3.35. The lowest BCUT2D eigenvalue weighted by molar-refractivity contribution is -0.0251. The van der Waals surface area contributed by atoms with Gasteiger partial charge in [-0.05, 0) is 0 Å². The van der Waals surface area contributed by atoms with Crippen molar-refractivity contribution >= 4 is 0 Å². The molecule has 2 atom stereocenters. The molecule has 0 aromatic carbocycles. The second-order valence-corrected chi connectivity index (χ2v) is 2.39. The van der Waals surface area contributed by atoms with E-state index in [0.717, 1.165) is 0 Å². The number of ether oxygens (including phenoxy) is 4. The van der Waals surface area contributed by atoms with Crippen LogP contribution in [0, 0.1) is 0 Å². The third kappa shape index (κ3) is 1.15. The molecule has 0 radical (unpaired) electrons. The summed E-state index contributed by atoms with van der Waals surface area (Å²) in [5.74, 6) is 0. The van der Waals surface area contributed by atoms with E-state index in [0.29, 0.717) is 26.8 Å². The highest BCUT2D eigenvalue weighted by atomic mass is 16.7. The average molecular weight is 146 g/mol. The van der Waals surface area contributed by atoms with Gasteiger partial charge in [0.15, 0.2) is 0 Å². The van der Waals surface area contributed by atoms with Gasteiger partial charge >= 0.3 is 0 Å². The maximum Gasteiger partial charge on any atom is 0.147 e. The van der Waals surface area contributed by atoms with E-state index in [9.17, 15) is 0 Å². The highest BCUT2D eigenvalue weighted by Gasteiger charge is 2.30. The zero-order valence-corrected chi connectivity index (χ0v) is 5.62. The lowest BCUT2D eigenvalue weighted by Gasteiger charge is -2.12. The van der Waals surface area contributed by atoms with Gasteiger partial charge in [-0.2, -0.15) is 0 Å². The standard InChI is InChI=1S/C6H10O4/c1-5(9-3-7-1)6-2-8-4-10-6/h5-6H,1-4H2/t5-,6-/m0/s1. The minimum Gasteiger partial charge on any atom is -0.353 e. The molecule has 2 heterocycles. The summed E-state index contributed by atoms with van der Waals surface area (Å²) in [5, 5.41) is 0. The summed E-state index contributed by atoms with van der Waals surface area (Å²) >= 11 is 0. The van der Waals surface area contributed by atoms with Crippen LogP contribution in [0.2, 0.25) is 0 Å². The number of hydrogen-bond donors (Lipinski definition) is 0. The maximum absolute atomic E-state index is 5.21. The van der Waals surface area contributed by atoms with Crippen molar-refractivity contribution in [1.29, 1.82) is 0 Å². The second kappa shape index (κ2) is 2.84. The van der Waals surface area contributed by atoms with E-state index in [1.807, 2.05) is 0 Å². The maximum atomic E-state index is 5.21. The summed E-state index contributed by atoms with van der Waals surface area (Å²) in [6.07, 6.45) is 0.171. The summed E-state index contributed by atoms with van der Waals surface area (Å²) in [4.78, 5) is 0. The summed E-state index contributed by atoms with van der Waals surface area (Å²) < 4.78 is 20.4. The molecule has 2 aliphatic rings. The molecular weight excluding hydrogens is 136 g/mol. The molecule has 10 heavy (non-hydrogen) atoms. The molecule has 2 saturated heterocycles. The SMILES string of the molecule is C1OC[C@@H]([C@@H]2COCO2)O1. The highest BCUT2D eigenvalue weighted by molar-refractivity contribution is 4.73. The molecule has 0 N–H and O–H groups in total. The molecule has 2 aliphatic heterocycles. The van der Waals surface area contributed by atoms with Crippen molar-refractivity contribution in [1.82, 2.24) is 0 Å². The van der Waals surface area contributed by atoms with E-state index >= 15 is 0 Å². The molecule has 0 amide bonds. The molecule has 2 fully saturated rings. The van der Waals surface area contributed by atoms with Crippen molar-refractivity contribution in [2.75, 3.05) is 26.8 Å². The van der Waals surface area contributed by atoms with Crippen molar-refractivity contribution in [2.45, 2.75) is 12.2 Å². The Morgan fingerprint density at radius 1 is 0.800 bits per heavy atom. The monoisotopic (exact) mass is 146 g/mol. The smallest absolute Gasteiger partial charge is 0.147 e. The van der Waals surface area contributed by atoms with Crippen molar-refractivity contribution < 1.29 is 18.9 Å². The number of hydrogen-bond acceptors (Lipinski definition) is 4. The van der Waals surface area contributed by atoms with Gasteiger partial charge in [0.2, 0.25) is 0 Å². The molecule has 0 aromatic heterocycles. The Labute approximate surface area is 59.0 Å². The normalized spacial score (nSPS) is 40.8. The summed E-state index contributed by atoms with van der Waals surface area (Å²) in [7, 11) is 0. The fourth-order valence-electron chi connectivity index (χ4n) is 1.13. The topological polar surface area (TPSA) is 36.9 Å². The lowest BCUT2D eigenvalue weighted by atomic mass is 10.2. The molecular formula is C6H10O4. The van der Waals surface area contributed by atoms with Crippen LogP contribution in [-0.4, -0.2) is 39.0 Å². The molecule has 2 rings (SSSR count). The fourth-order valence-corrected chi connectivity index (χ4v) is 1.13. The quantitative estimate of drug-likeness (QED) is 0.510. The van der Waals surface area contributed by atoms with Crippen LogP contribution in [0.3, 0.4) is 0 Å². The van der Waals surface area contributed by atoms with Crippen LogP contribution < -0.4 is 0 Å². The first kappa shape index (κ1) is 6.54. The summed E-state index contributed by atoms with van der Waals surface area (Å²) in [6.45, 7) is 2.05. The Bertz CT molecular complexity index is 90.3. The van der Waals surface area contributed by atoms with Crippen LogP contribution >= 0.6 is 0 Å². The average Bonchev–Trinajstić information content (AvgIpc) is 2.59. The second-order valence-electron chi connectivity index (χ2n) is 2.39. The molecule has 0 saturated carbocycles. The first-order chi connectivity index (χ1) is 4.97. The molecule has 4 heteroatoms. The Morgan fingerprint density at radius 3 is 1.60 bits per heavy atom. The van der Waals surface area contributed by atoms with Gasteiger partial charge in [-0.1, -0.05) is 0 Å². The van der Waals surface area contributed by atoms with Gasteiger partial charge in [-0.3, -0.25) is 0 Å². The van der Waals surface area contributed by atoms with Gasteiger partial charge in [0, 0.05) is 0 Å². The molecule has 0 aromatic rings. The minimum absolute atomic E-state index is 0.0856. The van der Waals surface area contributed by atoms with Crippen LogP contribution in [-0.2, 0) is 18.9 Å². The fraction of sp³-hybridized carbons (Fsp3) is 1.00. The van der Waals surface area contributed by atoms with Crippen LogP contribution in [0.5, 0.6) is 0 Å². The van der Waals surface area contributed by atoms with E-state index in [1.54, 1.807) is 0 Å². The Balaban J connectivity index is 1.85. The van der Waals surface area contributed by atoms with Gasteiger partial charge in [-0.15, -0.1) is 0 Å². The van der Waals surface area contributed by atoms with Crippen molar-refractivity contribution in [3.8, 4) is 0 Å². The Morgan fingerprint density at radius 2 is 1.30 bits per heavy atom. The van der Waals surface area contributed by atoms with Crippen LogP contribution in [0.25, 0.3) is 0 Å². The van der Waals surface area contributed by atoms with E-state index in [1.165, 1.54) is 0 Å². The Hall–Kier alpha value is -0.160. The summed E-state index contributed by atoms with van der Waals surface area (Å²) in [5.41, 5.74) is 0. The first-order valence-corrected chi connectivity index (χ1v) is 3.35. The zero-order valence-electron chi connectivity index (χ0n) is 5.62. The zero-order chi connectivity index (χ0) is 6.81. The van der Waals surface area contributed by atoms with Crippen LogP contribution in [0.1, 0.15) is 0 Å². The van der Waals surface area contributed by atoms with Gasteiger partial charge in [0.25, 0.3) is 0 Å². The van der Waals surface area contributed by atoms with Crippen molar-refractivity contribution in [3.05, 3.63) is 0 Å². The predicted molar refractivity (Wildman–Crippen MR) is 31.4 cm³/mol. The van der Waals surface area contributed by atoms with Crippen LogP contribution in [0.15, 0.2) is 0 Å². The van der Waals surface area contributed by atoms with Gasteiger partial charge in [-0.25, -0.2) is 0 Å². The molecule has 0 unspecified atom stereocenters. The van der Waals surface area contributed by atoms with Gasteiger partial charge < -0.3 is 18.9 Å². The summed E-state index contributed by atoms with van der Waals surface area (Å²) in [6, 6.07) is 0. The molecule has 0 bridgehead atoms. The minimum atomic E-state index is 0.0856. The van der Waals surface area contributed by atoms with E-state index in [-0.39, 0.29) is 12.2 Å². The van der Waals surface area contributed by atoms with Gasteiger partial charge in [0.05, 0.1) is 13.2 Å². The third-order valence-electron chi connectivity index (χ3n) is 1.71. The molecule has 0 aliphatic carbocycles. The Kier molecular flexibility index (Phi) is 1.86.